The molecule has 0 unspecified atom stereocenters. The lowest BCUT2D eigenvalue weighted by molar-refractivity contribution is -0.384. The van der Waals surface area contributed by atoms with Gasteiger partial charge in [0.25, 0.3) is 11.6 Å². The van der Waals surface area contributed by atoms with Gasteiger partial charge in [0.15, 0.2) is 6.61 Å². The molecular weight excluding hydrogens is 260 g/mol. The van der Waals surface area contributed by atoms with E-state index in [0.717, 1.165) is 19.4 Å². The van der Waals surface area contributed by atoms with Gasteiger partial charge in [-0.05, 0) is 25.5 Å². The molecule has 0 aliphatic rings. The van der Waals surface area contributed by atoms with Crippen molar-refractivity contribution < 1.29 is 14.5 Å². The predicted molar refractivity (Wildman–Crippen MR) is 75.8 cm³/mol. The fourth-order valence-corrected chi connectivity index (χ4v) is 1.71. The van der Waals surface area contributed by atoms with Gasteiger partial charge in [0.2, 0.25) is 0 Å². The lowest BCUT2D eigenvalue weighted by Crippen LogP contribution is -2.35. The van der Waals surface area contributed by atoms with E-state index in [2.05, 4.69) is 6.92 Å². The molecule has 0 saturated heterocycles. The van der Waals surface area contributed by atoms with E-state index < -0.39 is 4.92 Å². The first kappa shape index (κ1) is 15.9. The summed E-state index contributed by atoms with van der Waals surface area (Å²) in [7, 11) is 0. The van der Waals surface area contributed by atoms with E-state index in [1.165, 1.54) is 24.3 Å². The number of non-ortho nitro benzene ring substituents is 1. The van der Waals surface area contributed by atoms with E-state index in [9.17, 15) is 14.9 Å². The van der Waals surface area contributed by atoms with Crippen LogP contribution in [0.15, 0.2) is 24.3 Å². The quantitative estimate of drug-likeness (QED) is 0.542. The number of carbonyl (C=O) groups excluding carboxylic acids is 1. The van der Waals surface area contributed by atoms with Crippen molar-refractivity contribution in [3.05, 3.63) is 34.4 Å². The summed E-state index contributed by atoms with van der Waals surface area (Å²) in [6.45, 7) is 5.35. The summed E-state index contributed by atoms with van der Waals surface area (Å²) in [6.07, 6.45) is 2.00. The Bertz CT molecular complexity index is 445. The van der Waals surface area contributed by atoms with Crippen LogP contribution in [0, 0.1) is 10.1 Å². The van der Waals surface area contributed by atoms with Crippen LogP contribution in [0.4, 0.5) is 5.69 Å². The van der Waals surface area contributed by atoms with E-state index in [0.29, 0.717) is 12.3 Å². The molecule has 0 atom stereocenters. The lowest BCUT2D eigenvalue weighted by atomic mass is 10.3. The zero-order valence-electron chi connectivity index (χ0n) is 11.9. The number of nitrogens with zero attached hydrogens (tertiary/aromatic N) is 2. The smallest absolute Gasteiger partial charge is 0.269 e. The van der Waals surface area contributed by atoms with Crippen molar-refractivity contribution in [2.24, 2.45) is 0 Å². The zero-order chi connectivity index (χ0) is 15.0. The molecule has 1 rings (SSSR count). The van der Waals surface area contributed by atoms with Crippen LogP contribution in [0.2, 0.25) is 0 Å². The van der Waals surface area contributed by atoms with Crippen LogP contribution in [-0.4, -0.2) is 35.4 Å². The van der Waals surface area contributed by atoms with Gasteiger partial charge in [-0.2, -0.15) is 0 Å². The third kappa shape index (κ3) is 4.87. The maximum atomic E-state index is 11.9. The number of rotatable bonds is 8. The first-order valence-electron chi connectivity index (χ1n) is 6.73. The Kier molecular flexibility index (Phi) is 6.49. The Morgan fingerprint density at radius 1 is 1.30 bits per heavy atom. The van der Waals surface area contributed by atoms with Gasteiger partial charge >= 0.3 is 0 Å². The molecule has 110 valence electrons. The Labute approximate surface area is 118 Å². The molecule has 0 saturated carbocycles. The molecule has 0 spiro atoms. The van der Waals surface area contributed by atoms with Crippen molar-refractivity contribution in [2.45, 2.75) is 26.7 Å². The number of carbonyl (C=O) groups is 1. The van der Waals surface area contributed by atoms with Gasteiger partial charge in [0, 0.05) is 25.2 Å². The van der Waals surface area contributed by atoms with Gasteiger partial charge in [0.05, 0.1) is 4.92 Å². The maximum absolute atomic E-state index is 11.9. The zero-order valence-corrected chi connectivity index (χ0v) is 11.9. The van der Waals surface area contributed by atoms with Crippen LogP contribution in [0.25, 0.3) is 0 Å². The molecule has 0 aliphatic carbocycles. The van der Waals surface area contributed by atoms with Gasteiger partial charge in [0.1, 0.15) is 5.75 Å². The molecule has 0 aromatic heterocycles. The first-order valence-corrected chi connectivity index (χ1v) is 6.73. The molecular formula is C14H20N2O4. The molecule has 0 radical (unpaired) electrons. The summed E-state index contributed by atoms with van der Waals surface area (Å²) in [5, 5.41) is 10.5. The van der Waals surface area contributed by atoms with Gasteiger partial charge in [-0.3, -0.25) is 14.9 Å². The van der Waals surface area contributed by atoms with Gasteiger partial charge < -0.3 is 9.64 Å². The molecule has 6 heteroatoms. The second kappa shape index (κ2) is 8.14. The van der Waals surface area contributed by atoms with Gasteiger partial charge in [-0.25, -0.2) is 0 Å². The number of unbranched alkanes of at least 4 members (excludes halogenated alkanes) is 1. The number of likely N-dealkylation sites (N-methyl/N-ethyl adjacent to an activating group) is 1. The highest BCUT2D eigenvalue weighted by atomic mass is 16.6. The fourth-order valence-electron chi connectivity index (χ4n) is 1.71. The fraction of sp³-hybridized carbons (Fsp3) is 0.500. The topological polar surface area (TPSA) is 72.7 Å². The van der Waals surface area contributed by atoms with Crippen molar-refractivity contribution in [1.82, 2.24) is 4.90 Å². The van der Waals surface area contributed by atoms with Crippen LogP contribution in [-0.2, 0) is 4.79 Å². The predicted octanol–water partition coefficient (Wildman–Crippen LogP) is 2.62. The molecule has 1 aromatic carbocycles. The van der Waals surface area contributed by atoms with Crippen LogP contribution < -0.4 is 4.74 Å². The van der Waals surface area contributed by atoms with Crippen molar-refractivity contribution in [3.8, 4) is 5.75 Å². The molecule has 0 aliphatic heterocycles. The summed E-state index contributed by atoms with van der Waals surface area (Å²) in [5.74, 6) is 0.384. The Morgan fingerprint density at radius 2 is 1.95 bits per heavy atom. The molecule has 0 heterocycles. The van der Waals surface area contributed by atoms with Crippen LogP contribution >= 0.6 is 0 Å². The Morgan fingerprint density at radius 3 is 2.45 bits per heavy atom. The van der Waals surface area contributed by atoms with Crippen LogP contribution in [0.5, 0.6) is 5.75 Å². The van der Waals surface area contributed by atoms with E-state index in [1.54, 1.807) is 4.90 Å². The minimum Gasteiger partial charge on any atom is -0.484 e. The molecule has 6 nitrogen and oxygen atoms in total. The summed E-state index contributed by atoms with van der Waals surface area (Å²) < 4.78 is 5.35. The highest BCUT2D eigenvalue weighted by Crippen LogP contribution is 2.17. The summed E-state index contributed by atoms with van der Waals surface area (Å²) in [6, 6.07) is 5.70. The molecule has 0 N–H and O–H groups in total. The highest BCUT2D eigenvalue weighted by molar-refractivity contribution is 5.77. The Hall–Kier alpha value is -2.11. The standard InChI is InChI=1S/C14H20N2O4/c1-3-5-10-15(4-2)14(17)11-20-13-8-6-12(7-9-13)16(18)19/h6-9H,3-5,10-11H2,1-2H3. The van der Waals surface area contributed by atoms with Crippen molar-refractivity contribution in [3.63, 3.8) is 0 Å². The van der Waals surface area contributed by atoms with Crippen molar-refractivity contribution in [1.29, 1.82) is 0 Å². The molecule has 0 bridgehead atoms. The number of nitro benzene ring substituents is 1. The number of hydrogen-bond acceptors (Lipinski definition) is 4. The normalized spacial score (nSPS) is 10.1. The van der Waals surface area contributed by atoms with E-state index in [4.69, 9.17) is 4.74 Å². The third-order valence-electron chi connectivity index (χ3n) is 2.93. The molecule has 1 amide bonds. The second-order valence-electron chi connectivity index (χ2n) is 4.37. The minimum atomic E-state index is -0.474. The van der Waals surface area contributed by atoms with Crippen molar-refractivity contribution >= 4 is 11.6 Å². The summed E-state index contributed by atoms with van der Waals surface area (Å²) in [5.41, 5.74) is 0.00167. The third-order valence-corrected chi connectivity index (χ3v) is 2.93. The van der Waals surface area contributed by atoms with E-state index >= 15 is 0 Å². The molecule has 0 fully saturated rings. The van der Waals surface area contributed by atoms with E-state index in [-0.39, 0.29) is 18.2 Å². The number of amides is 1. The number of hydrogen-bond donors (Lipinski definition) is 0. The summed E-state index contributed by atoms with van der Waals surface area (Å²) in [4.78, 5) is 23.7. The van der Waals surface area contributed by atoms with Crippen LogP contribution in [0.1, 0.15) is 26.7 Å². The molecule has 1 aromatic rings. The van der Waals surface area contributed by atoms with E-state index in [1.807, 2.05) is 6.92 Å². The van der Waals surface area contributed by atoms with Crippen LogP contribution in [0.3, 0.4) is 0 Å². The SMILES string of the molecule is CCCCN(CC)C(=O)COc1ccc([N+](=O)[O-])cc1. The van der Waals surface area contributed by atoms with Crippen molar-refractivity contribution in [2.75, 3.05) is 19.7 Å². The average Bonchev–Trinajstić information content (AvgIpc) is 2.46. The monoisotopic (exact) mass is 280 g/mol. The largest absolute Gasteiger partial charge is 0.484 e. The minimum absolute atomic E-state index is 0.00167. The second-order valence-corrected chi connectivity index (χ2v) is 4.37. The highest BCUT2D eigenvalue weighted by Gasteiger charge is 2.12. The average molecular weight is 280 g/mol. The lowest BCUT2D eigenvalue weighted by Gasteiger charge is -2.20. The number of benzene rings is 1. The summed E-state index contributed by atoms with van der Waals surface area (Å²) >= 11 is 0. The maximum Gasteiger partial charge on any atom is 0.269 e. The van der Waals surface area contributed by atoms with Gasteiger partial charge in [-0.1, -0.05) is 13.3 Å². The number of ether oxygens (including phenoxy) is 1. The number of nitro groups is 1. The molecule has 20 heavy (non-hydrogen) atoms. The Balaban J connectivity index is 2.49. The first-order chi connectivity index (χ1) is 9.58. The van der Waals surface area contributed by atoms with Gasteiger partial charge in [-0.15, -0.1) is 0 Å².